The average molecular weight is 387 g/mol. The lowest BCUT2D eigenvalue weighted by molar-refractivity contribution is 0.0703. The van der Waals surface area contributed by atoms with Gasteiger partial charge in [0.15, 0.2) is 11.5 Å². The molecule has 8 heteroatoms. The van der Waals surface area contributed by atoms with Gasteiger partial charge in [0.05, 0.1) is 6.61 Å². The Morgan fingerprint density at radius 2 is 2.11 bits per heavy atom. The number of ether oxygens (including phenoxy) is 1. The van der Waals surface area contributed by atoms with Crippen molar-refractivity contribution in [1.29, 1.82) is 0 Å². The Labute approximate surface area is 165 Å². The lowest BCUT2D eigenvalue weighted by Gasteiger charge is -2.20. The minimum Gasteiger partial charge on any atom is -0.381 e. The zero-order chi connectivity index (χ0) is 19.5. The van der Waals surface area contributed by atoms with E-state index < -0.39 is 0 Å². The predicted molar refractivity (Wildman–Crippen MR) is 102 cm³/mol. The molecule has 2 aromatic heterocycles. The first-order valence-electron chi connectivity index (χ1n) is 10.3. The van der Waals surface area contributed by atoms with Gasteiger partial charge in [0.1, 0.15) is 6.04 Å². The zero-order valence-electron chi connectivity index (χ0n) is 16.8. The molecule has 1 saturated carbocycles. The second-order valence-corrected chi connectivity index (χ2v) is 7.98. The molecule has 152 valence electrons. The fraction of sp³-hybridized carbons (Fsp3) is 0.700. The summed E-state index contributed by atoms with van der Waals surface area (Å²) < 4.78 is 13.0. The van der Waals surface area contributed by atoms with E-state index in [0.717, 1.165) is 25.1 Å². The van der Waals surface area contributed by atoms with Gasteiger partial charge in [-0.25, -0.2) is 0 Å². The molecule has 28 heavy (non-hydrogen) atoms. The highest BCUT2D eigenvalue weighted by Crippen LogP contribution is 2.32. The molecule has 1 aliphatic carbocycles. The normalized spacial score (nSPS) is 20.4. The van der Waals surface area contributed by atoms with Crippen molar-refractivity contribution < 1.29 is 14.1 Å². The van der Waals surface area contributed by atoms with Gasteiger partial charge in [0.25, 0.3) is 5.91 Å². The SMILES string of the molecule is Cc1cc(C(=O)N2CCCC2c2nc(CCOCC3CCCC3)no2)nn1C. The van der Waals surface area contributed by atoms with Crippen LogP contribution in [0, 0.1) is 12.8 Å². The van der Waals surface area contributed by atoms with E-state index in [9.17, 15) is 4.79 Å². The number of amides is 1. The smallest absolute Gasteiger partial charge is 0.275 e. The number of carbonyl (C=O) groups is 1. The molecule has 8 nitrogen and oxygen atoms in total. The van der Waals surface area contributed by atoms with Gasteiger partial charge in [-0.2, -0.15) is 10.1 Å². The molecule has 2 aromatic rings. The second kappa shape index (κ2) is 8.43. The molecule has 2 aliphatic rings. The van der Waals surface area contributed by atoms with Crippen LogP contribution >= 0.6 is 0 Å². The summed E-state index contributed by atoms with van der Waals surface area (Å²) in [4.78, 5) is 19.2. The van der Waals surface area contributed by atoms with Gasteiger partial charge in [-0.15, -0.1) is 0 Å². The van der Waals surface area contributed by atoms with Gasteiger partial charge in [-0.3, -0.25) is 9.48 Å². The van der Waals surface area contributed by atoms with Crippen molar-refractivity contribution in [2.24, 2.45) is 13.0 Å². The van der Waals surface area contributed by atoms with E-state index in [0.29, 0.717) is 42.9 Å². The highest BCUT2D eigenvalue weighted by atomic mass is 16.5. The molecule has 1 aliphatic heterocycles. The maximum atomic E-state index is 12.9. The number of likely N-dealkylation sites (tertiary alicyclic amines) is 1. The first-order valence-corrected chi connectivity index (χ1v) is 10.3. The second-order valence-electron chi connectivity index (χ2n) is 7.98. The van der Waals surface area contributed by atoms with Crippen LogP contribution in [0.2, 0.25) is 0 Å². The maximum absolute atomic E-state index is 12.9. The molecule has 0 aromatic carbocycles. The fourth-order valence-corrected chi connectivity index (χ4v) is 4.17. The van der Waals surface area contributed by atoms with Gasteiger partial charge < -0.3 is 14.2 Å². The van der Waals surface area contributed by atoms with E-state index in [-0.39, 0.29) is 11.9 Å². The minimum atomic E-state index is -0.171. The number of aromatic nitrogens is 4. The minimum absolute atomic E-state index is 0.0779. The molecule has 1 unspecified atom stereocenters. The van der Waals surface area contributed by atoms with Gasteiger partial charge in [-0.1, -0.05) is 18.0 Å². The van der Waals surface area contributed by atoms with Crippen molar-refractivity contribution >= 4 is 5.91 Å². The zero-order valence-corrected chi connectivity index (χ0v) is 16.8. The Balaban J connectivity index is 1.33. The topological polar surface area (TPSA) is 86.3 Å². The third-order valence-corrected chi connectivity index (χ3v) is 5.91. The molecule has 1 amide bonds. The third-order valence-electron chi connectivity index (χ3n) is 5.91. The van der Waals surface area contributed by atoms with Gasteiger partial charge in [0, 0.05) is 32.3 Å². The summed E-state index contributed by atoms with van der Waals surface area (Å²) >= 11 is 0. The van der Waals surface area contributed by atoms with Gasteiger partial charge >= 0.3 is 0 Å². The van der Waals surface area contributed by atoms with E-state index in [1.54, 1.807) is 9.58 Å². The van der Waals surface area contributed by atoms with Gasteiger partial charge in [-0.05, 0) is 44.6 Å². The van der Waals surface area contributed by atoms with Crippen LogP contribution in [0.1, 0.15) is 72.5 Å². The molecular formula is C20H29N5O3. The summed E-state index contributed by atoms with van der Waals surface area (Å²) in [7, 11) is 1.84. The fourth-order valence-electron chi connectivity index (χ4n) is 4.17. The highest BCUT2D eigenvalue weighted by molar-refractivity contribution is 5.92. The first-order chi connectivity index (χ1) is 13.6. The van der Waals surface area contributed by atoms with Gasteiger partial charge in [0.2, 0.25) is 5.89 Å². The molecular weight excluding hydrogens is 358 g/mol. The quantitative estimate of drug-likeness (QED) is 0.679. The summed E-state index contributed by atoms with van der Waals surface area (Å²) in [5.41, 5.74) is 1.42. The largest absolute Gasteiger partial charge is 0.381 e. The molecule has 3 heterocycles. The van der Waals surface area contributed by atoms with E-state index in [2.05, 4.69) is 15.2 Å². The maximum Gasteiger partial charge on any atom is 0.275 e. The number of nitrogens with zero attached hydrogens (tertiary/aromatic N) is 5. The molecule has 0 radical (unpaired) electrons. The predicted octanol–water partition coefficient (Wildman–Crippen LogP) is 2.84. The first kappa shape index (κ1) is 19.1. The molecule has 2 fully saturated rings. The third kappa shape index (κ3) is 4.11. The van der Waals surface area contributed by atoms with Crippen LogP contribution in [0.15, 0.2) is 10.6 Å². The molecule has 1 atom stereocenters. The van der Waals surface area contributed by atoms with Crippen LogP contribution in [0.25, 0.3) is 0 Å². The Bertz CT molecular complexity index is 789. The standard InChI is InChI=1S/C20H29N5O3/c1-14-12-16(22-24(14)2)20(26)25-10-5-8-17(25)19-21-18(23-28-19)9-11-27-13-15-6-3-4-7-15/h12,15,17H,3-11,13H2,1-2H3. The van der Waals surface area contributed by atoms with E-state index >= 15 is 0 Å². The van der Waals surface area contributed by atoms with Crippen molar-refractivity contribution in [2.45, 2.75) is 57.9 Å². The van der Waals surface area contributed by atoms with Crippen molar-refractivity contribution in [1.82, 2.24) is 24.8 Å². The summed E-state index contributed by atoms with van der Waals surface area (Å²) in [6.45, 7) is 4.06. The van der Waals surface area contributed by atoms with Crippen molar-refractivity contribution in [3.05, 3.63) is 29.2 Å². The summed E-state index contributed by atoms with van der Waals surface area (Å²) in [6, 6.07) is 1.65. The van der Waals surface area contributed by atoms with E-state index in [1.165, 1.54) is 25.7 Å². The Kier molecular flexibility index (Phi) is 5.75. The molecule has 0 N–H and O–H groups in total. The monoisotopic (exact) mass is 387 g/mol. The van der Waals surface area contributed by atoms with Crippen molar-refractivity contribution in [3.8, 4) is 0 Å². The molecule has 0 spiro atoms. The van der Waals surface area contributed by atoms with Crippen LogP contribution in [0.3, 0.4) is 0 Å². The molecule has 4 rings (SSSR count). The van der Waals surface area contributed by atoms with Crippen molar-refractivity contribution in [2.75, 3.05) is 19.8 Å². The van der Waals surface area contributed by atoms with Crippen LogP contribution < -0.4 is 0 Å². The van der Waals surface area contributed by atoms with Crippen molar-refractivity contribution in [3.63, 3.8) is 0 Å². The Hall–Kier alpha value is -2.22. The average Bonchev–Trinajstić information content (AvgIpc) is 3.47. The number of hydrogen-bond acceptors (Lipinski definition) is 6. The van der Waals surface area contributed by atoms with Crippen LogP contribution in [0.4, 0.5) is 0 Å². The Morgan fingerprint density at radius 1 is 1.29 bits per heavy atom. The van der Waals surface area contributed by atoms with Crippen LogP contribution in [0.5, 0.6) is 0 Å². The summed E-state index contributed by atoms with van der Waals surface area (Å²) in [5, 5.41) is 8.40. The Morgan fingerprint density at radius 3 is 2.86 bits per heavy atom. The highest BCUT2D eigenvalue weighted by Gasteiger charge is 2.35. The number of rotatable bonds is 7. The summed E-state index contributed by atoms with van der Waals surface area (Å²) in [5.74, 6) is 1.80. The molecule has 1 saturated heterocycles. The van der Waals surface area contributed by atoms with E-state index in [1.807, 2.05) is 20.0 Å². The summed E-state index contributed by atoms with van der Waals surface area (Å²) in [6.07, 6.45) is 7.62. The number of hydrogen-bond donors (Lipinski definition) is 0. The number of aryl methyl sites for hydroxylation is 2. The molecule has 0 bridgehead atoms. The number of carbonyl (C=O) groups excluding carboxylic acids is 1. The van der Waals surface area contributed by atoms with Crippen LogP contribution in [-0.2, 0) is 18.2 Å². The lowest BCUT2D eigenvalue weighted by atomic mass is 10.1. The lowest BCUT2D eigenvalue weighted by Crippen LogP contribution is -2.31. The van der Waals surface area contributed by atoms with E-state index in [4.69, 9.17) is 9.26 Å². The van der Waals surface area contributed by atoms with Crippen LogP contribution in [-0.4, -0.2) is 50.5 Å².